The van der Waals surface area contributed by atoms with Crippen LogP contribution in [0.2, 0.25) is 0 Å². The Hall–Kier alpha value is -0.650. The zero-order chi connectivity index (χ0) is 9.97. The van der Waals surface area contributed by atoms with Crippen LogP contribution in [0, 0.1) is 0 Å². The second kappa shape index (κ2) is 4.25. The summed E-state index contributed by atoms with van der Waals surface area (Å²) in [6.07, 6.45) is 4.16. The number of nitrogens with zero attached hydrogens (tertiary/aromatic N) is 1. The summed E-state index contributed by atoms with van der Waals surface area (Å²) in [5.74, 6) is 0. The molecule has 2 heterocycles. The third kappa shape index (κ3) is 2.05. The van der Waals surface area contributed by atoms with Gasteiger partial charge in [0.25, 0.3) is 0 Å². The second-order valence-corrected chi connectivity index (χ2v) is 4.59. The maximum Gasteiger partial charge on any atom is 0.173 e. The lowest BCUT2D eigenvalue weighted by Gasteiger charge is -2.07. The lowest BCUT2D eigenvalue weighted by atomic mass is 10.1. The summed E-state index contributed by atoms with van der Waals surface area (Å²) in [7, 11) is 0. The molecule has 0 saturated carbocycles. The maximum absolute atomic E-state index is 6.01. The van der Waals surface area contributed by atoms with Crippen molar-refractivity contribution < 1.29 is 4.42 Å². The second-order valence-electron chi connectivity index (χ2n) is 2.89. The molecule has 2 aromatic heterocycles. The number of thiazole rings is 1. The Labute approximate surface area is 94.1 Å². The molecule has 0 saturated heterocycles. The molecule has 0 bridgehead atoms. The molecule has 3 nitrogen and oxygen atoms in total. The smallest absolute Gasteiger partial charge is 0.173 e. The largest absolute Gasteiger partial charge is 0.457 e. The van der Waals surface area contributed by atoms with Gasteiger partial charge in [0.1, 0.15) is 0 Å². The molecule has 74 valence electrons. The SMILES string of the molecule is NC(Cc1nccs1)c1ccoc1Br. The highest BCUT2D eigenvalue weighted by atomic mass is 79.9. The predicted octanol–water partition coefficient (Wildman–Crippen LogP) is 2.74. The molecule has 2 rings (SSSR count). The number of hydrogen-bond donors (Lipinski definition) is 1. The molecule has 2 aromatic rings. The van der Waals surface area contributed by atoms with Gasteiger partial charge in [-0.2, -0.15) is 0 Å². The van der Waals surface area contributed by atoms with Gasteiger partial charge in [-0.1, -0.05) is 0 Å². The Bertz CT molecular complexity index is 399. The molecular weight excluding hydrogens is 264 g/mol. The standard InChI is InChI=1S/C9H9BrN2OS/c10-9-6(1-3-13-9)7(11)5-8-12-2-4-14-8/h1-4,7H,5,11H2. The minimum absolute atomic E-state index is 0.0609. The zero-order valence-electron chi connectivity index (χ0n) is 7.31. The lowest BCUT2D eigenvalue weighted by molar-refractivity contribution is 0.531. The van der Waals surface area contributed by atoms with E-state index in [-0.39, 0.29) is 6.04 Å². The van der Waals surface area contributed by atoms with Crippen molar-refractivity contribution in [3.8, 4) is 0 Å². The van der Waals surface area contributed by atoms with E-state index in [1.54, 1.807) is 23.8 Å². The van der Waals surface area contributed by atoms with Gasteiger partial charge in [0.15, 0.2) is 4.67 Å². The van der Waals surface area contributed by atoms with E-state index in [2.05, 4.69) is 20.9 Å². The monoisotopic (exact) mass is 272 g/mol. The Morgan fingerprint density at radius 1 is 1.64 bits per heavy atom. The molecule has 2 N–H and O–H groups in total. The molecule has 5 heteroatoms. The van der Waals surface area contributed by atoms with E-state index in [1.807, 2.05) is 11.4 Å². The minimum atomic E-state index is -0.0609. The normalized spacial score (nSPS) is 13.0. The van der Waals surface area contributed by atoms with Crippen molar-refractivity contribution in [1.29, 1.82) is 0 Å². The van der Waals surface area contributed by atoms with Gasteiger partial charge < -0.3 is 10.2 Å². The molecule has 14 heavy (non-hydrogen) atoms. The van der Waals surface area contributed by atoms with E-state index < -0.39 is 0 Å². The molecular formula is C9H9BrN2OS. The minimum Gasteiger partial charge on any atom is -0.457 e. The number of halogens is 1. The number of rotatable bonds is 3. The van der Waals surface area contributed by atoms with Crippen LogP contribution in [0.4, 0.5) is 0 Å². The van der Waals surface area contributed by atoms with E-state index in [9.17, 15) is 0 Å². The molecule has 0 aliphatic heterocycles. The Balaban J connectivity index is 2.10. The van der Waals surface area contributed by atoms with Gasteiger partial charge >= 0.3 is 0 Å². The first-order valence-electron chi connectivity index (χ1n) is 4.14. The van der Waals surface area contributed by atoms with Crippen molar-refractivity contribution in [1.82, 2.24) is 4.98 Å². The van der Waals surface area contributed by atoms with Gasteiger partial charge in [-0.25, -0.2) is 4.98 Å². The lowest BCUT2D eigenvalue weighted by Crippen LogP contribution is -2.12. The average molecular weight is 273 g/mol. The zero-order valence-corrected chi connectivity index (χ0v) is 9.72. The van der Waals surface area contributed by atoms with Crippen LogP contribution in [0.5, 0.6) is 0 Å². The molecule has 1 unspecified atom stereocenters. The first-order valence-corrected chi connectivity index (χ1v) is 5.81. The third-order valence-corrected chi connectivity index (χ3v) is 3.37. The predicted molar refractivity (Wildman–Crippen MR) is 59.2 cm³/mol. The summed E-state index contributed by atoms with van der Waals surface area (Å²) in [5.41, 5.74) is 6.99. The summed E-state index contributed by atoms with van der Waals surface area (Å²) < 4.78 is 5.83. The van der Waals surface area contributed by atoms with Crippen LogP contribution < -0.4 is 5.73 Å². The van der Waals surface area contributed by atoms with E-state index in [0.717, 1.165) is 17.0 Å². The van der Waals surface area contributed by atoms with E-state index in [0.29, 0.717) is 4.67 Å². The first kappa shape index (κ1) is 9.89. The Morgan fingerprint density at radius 2 is 2.50 bits per heavy atom. The number of nitrogens with two attached hydrogens (primary N) is 1. The van der Waals surface area contributed by atoms with Crippen molar-refractivity contribution in [2.24, 2.45) is 5.73 Å². The fourth-order valence-corrected chi connectivity index (χ4v) is 2.43. The molecule has 0 fully saturated rings. The van der Waals surface area contributed by atoms with Crippen molar-refractivity contribution in [2.75, 3.05) is 0 Å². The molecule has 0 spiro atoms. The number of furan rings is 1. The van der Waals surface area contributed by atoms with Crippen LogP contribution in [0.25, 0.3) is 0 Å². The fraction of sp³-hybridized carbons (Fsp3) is 0.222. The highest BCUT2D eigenvalue weighted by Crippen LogP contribution is 2.25. The topological polar surface area (TPSA) is 52.0 Å². The van der Waals surface area contributed by atoms with E-state index in [1.165, 1.54) is 0 Å². The van der Waals surface area contributed by atoms with E-state index >= 15 is 0 Å². The fourth-order valence-electron chi connectivity index (χ4n) is 1.22. The summed E-state index contributed by atoms with van der Waals surface area (Å²) in [4.78, 5) is 4.19. The quantitative estimate of drug-likeness (QED) is 0.935. The van der Waals surface area contributed by atoms with Crippen molar-refractivity contribution >= 4 is 27.3 Å². The summed E-state index contributed by atoms with van der Waals surface area (Å²) in [6.45, 7) is 0. The number of aromatic nitrogens is 1. The average Bonchev–Trinajstić information content (AvgIpc) is 2.75. The van der Waals surface area contributed by atoms with Gasteiger partial charge in [-0.3, -0.25) is 0 Å². The van der Waals surface area contributed by atoms with Crippen LogP contribution in [-0.4, -0.2) is 4.98 Å². The Morgan fingerprint density at radius 3 is 3.07 bits per heavy atom. The van der Waals surface area contributed by atoms with E-state index in [4.69, 9.17) is 10.2 Å². The first-order chi connectivity index (χ1) is 6.77. The maximum atomic E-state index is 6.01. The molecule has 0 aromatic carbocycles. The van der Waals surface area contributed by atoms with Crippen LogP contribution in [0.1, 0.15) is 16.6 Å². The van der Waals surface area contributed by atoms with Crippen LogP contribution in [0.3, 0.4) is 0 Å². The third-order valence-electron chi connectivity index (χ3n) is 1.92. The van der Waals surface area contributed by atoms with Gasteiger partial charge in [-0.05, 0) is 22.0 Å². The molecule has 0 radical (unpaired) electrons. The van der Waals surface area contributed by atoms with Crippen molar-refractivity contribution in [2.45, 2.75) is 12.5 Å². The Kier molecular flexibility index (Phi) is 3.00. The van der Waals surface area contributed by atoms with Gasteiger partial charge in [0.05, 0.1) is 11.3 Å². The molecule has 0 amide bonds. The summed E-state index contributed by atoms with van der Waals surface area (Å²) in [6, 6.07) is 1.82. The van der Waals surface area contributed by atoms with Gasteiger partial charge in [0.2, 0.25) is 0 Å². The van der Waals surface area contributed by atoms with Gasteiger partial charge in [0, 0.05) is 29.6 Å². The van der Waals surface area contributed by atoms with Gasteiger partial charge in [-0.15, -0.1) is 11.3 Å². The van der Waals surface area contributed by atoms with Crippen LogP contribution in [-0.2, 0) is 6.42 Å². The number of hydrogen-bond acceptors (Lipinski definition) is 4. The summed E-state index contributed by atoms with van der Waals surface area (Å²) in [5, 5.41) is 3.00. The molecule has 1 atom stereocenters. The highest BCUT2D eigenvalue weighted by Gasteiger charge is 2.13. The highest BCUT2D eigenvalue weighted by molar-refractivity contribution is 9.10. The van der Waals surface area contributed by atoms with Crippen molar-refractivity contribution in [3.05, 3.63) is 39.1 Å². The summed E-state index contributed by atoms with van der Waals surface area (Å²) >= 11 is 4.92. The van der Waals surface area contributed by atoms with Crippen LogP contribution >= 0.6 is 27.3 Å². The molecule has 0 aliphatic rings. The van der Waals surface area contributed by atoms with Crippen LogP contribution in [0.15, 0.2) is 33.0 Å². The van der Waals surface area contributed by atoms with Crippen molar-refractivity contribution in [3.63, 3.8) is 0 Å². The molecule has 0 aliphatic carbocycles.